The van der Waals surface area contributed by atoms with Gasteiger partial charge in [0.25, 0.3) is 5.91 Å². The van der Waals surface area contributed by atoms with Crippen LogP contribution < -0.4 is 14.4 Å². The maximum atomic E-state index is 12.4. The standard InChI is InChI=1S/C20H24N4O3/c1-26-16-5-7-17(8-6-16)27-14-20(25)24-11-9-23(10-12-24)19-13-15-3-2-4-18(15)21-22-19/h5-8,13H,2-4,9-12,14H2,1H3. The van der Waals surface area contributed by atoms with Crippen LogP contribution in [0.15, 0.2) is 30.3 Å². The number of carbonyl (C=O) groups excluding carboxylic acids is 1. The molecule has 1 saturated heterocycles. The Bertz CT molecular complexity index is 801. The number of ether oxygens (including phenoxy) is 2. The van der Waals surface area contributed by atoms with Gasteiger partial charge in [-0.1, -0.05) is 0 Å². The predicted octanol–water partition coefficient (Wildman–Crippen LogP) is 1.70. The summed E-state index contributed by atoms with van der Waals surface area (Å²) in [6, 6.07) is 9.40. The molecular formula is C20H24N4O3. The molecule has 0 bridgehead atoms. The van der Waals surface area contributed by atoms with Gasteiger partial charge in [0.05, 0.1) is 12.8 Å². The molecule has 1 aromatic carbocycles. The van der Waals surface area contributed by atoms with Gasteiger partial charge in [-0.2, -0.15) is 5.10 Å². The minimum atomic E-state index is 0.00510. The number of amides is 1. The van der Waals surface area contributed by atoms with Gasteiger partial charge in [0.1, 0.15) is 11.5 Å². The van der Waals surface area contributed by atoms with Crippen molar-refractivity contribution < 1.29 is 14.3 Å². The van der Waals surface area contributed by atoms with Crippen molar-refractivity contribution in [2.75, 3.05) is 44.8 Å². The van der Waals surface area contributed by atoms with Crippen molar-refractivity contribution in [3.8, 4) is 11.5 Å². The highest BCUT2D eigenvalue weighted by Crippen LogP contribution is 2.23. The first-order valence-corrected chi connectivity index (χ1v) is 9.38. The zero-order valence-corrected chi connectivity index (χ0v) is 15.6. The molecule has 2 aromatic rings. The van der Waals surface area contributed by atoms with Crippen LogP contribution in [0, 0.1) is 0 Å². The maximum Gasteiger partial charge on any atom is 0.260 e. The minimum absolute atomic E-state index is 0.00510. The van der Waals surface area contributed by atoms with Crippen LogP contribution >= 0.6 is 0 Å². The summed E-state index contributed by atoms with van der Waals surface area (Å²) < 4.78 is 10.7. The summed E-state index contributed by atoms with van der Waals surface area (Å²) in [4.78, 5) is 16.5. The molecule has 0 radical (unpaired) electrons. The first-order valence-electron chi connectivity index (χ1n) is 9.38. The number of fused-ring (bicyclic) bond motifs is 1. The van der Waals surface area contributed by atoms with E-state index >= 15 is 0 Å². The normalized spacial score (nSPS) is 16.2. The fourth-order valence-corrected chi connectivity index (χ4v) is 3.56. The molecule has 0 saturated carbocycles. The van der Waals surface area contributed by atoms with Crippen LogP contribution in [-0.4, -0.2) is 60.9 Å². The highest BCUT2D eigenvalue weighted by atomic mass is 16.5. The van der Waals surface area contributed by atoms with Gasteiger partial charge >= 0.3 is 0 Å². The van der Waals surface area contributed by atoms with E-state index < -0.39 is 0 Å². The topological polar surface area (TPSA) is 67.8 Å². The Hall–Kier alpha value is -2.83. The molecule has 0 atom stereocenters. The third-order valence-electron chi connectivity index (χ3n) is 5.18. The van der Waals surface area contributed by atoms with E-state index in [2.05, 4.69) is 21.2 Å². The molecule has 1 aliphatic heterocycles. The fraction of sp³-hybridized carbons (Fsp3) is 0.450. The molecule has 0 unspecified atom stereocenters. The molecule has 2 heterocycles. The van der Waals surface area contributed by atoms with E-state index in [4.69, 9.17) is 9.47 Å². The molecule has 7 nitrogen and oxygen atoms in total. The molecule has 0 spiro atoms. The largest absolute Gasteiger partial charge is 0.497 e. The fourth-order valence-electron chi connectivity index (χ4n) is 3.56. The smallest absolute Gasteiger partial charge is 0.260 e. The van der Waals surface area contributed by atoms with Gasteiger partial charge in [-0.3, -0.25) is 4.79 Å². The summed E-state index contributed by atoms with van der Waals surface area (Å²) in [6.45, 7) is 2.92. The van der Waals surface area contributed by atoms with Gasteiger partial charge < -0.3 is 19.3 Å². The van der Waals surface area contributed by atoms with Crippen LogP contribution in [0.1, 0.15) is 17.7 Å². The van der Waals surface area contributed by atoms with Gasteiger partial charge in [-0.15, -0.1) is 5.10 Å². The molecule has 0 N–H and O–H groups in total. The zero-order valence-electron chi connectivity index (χ0n) is 15.6. The molecule has 27 heavy (non-hydrogen) atoms. The second kappa shape index (κ2) is 7.82. The number of aromatic nitrogens is 2. The molecule has 1 aliphatic carbocycles. The third-order valence-corrected chi connectivity index (χ3v) is 5.18. The Morgan fingerprint density at radius 3 is 2.52 bits per heavy atom. The molecule has 7 heteroatoms. The van der Waals surface area contributed by atoms with Crippen LogP contribution in [0.2, 0.25) is 0 Å². The molecule has 1 aromatic heterocycles. The number of piperazine rings is 1. The Labute approximate surface area is 158 Å². The SMILES string of the molecule is COc1ccc(OCC(=O)N2CCN(c3cc4c(nn3)CCC4)CC2)cc1. The molecular weight excluding hydrogens is 344 g/mol. The lowest BCUT2D eigenvalue weighted by molar-refractivity contribution is -0.133. The van der Waals surface area contributed by atoms with Crippen LogP contribution in [0.25, 0.3) is 0 Å². The first kappa shape index (κ1) is 17.6. The maximum absolute atomic E-state index is 12.4. The Morgan fingerprint density at radius 1 is 1.04 bits per heavy atom. The lowest BCUT2D eigenvalue weighted by Gasteiger charge is -2.35. The number of benzene rings is 1. The number of aryl methyl sites for hydroxylation is 2. The first-order chi connectivity index (χ1) is 13.2. The van der Waals surface area contributed by atoms with E-state index in [1.807, 2.05) is 17.0 Å². The van der Waals surface area contributed by atoms with Gasteiger partial charge in [-0.25, -0.2) is 0 Å². The van der Waals surface area contributed by atoms with Crippen molar-refractivity contribution >= 4 is 11.7 Å². The summed E-state index contributed by atoms with van der Waals surface area (Å²) in [5.41, 5.74) is 2.47. The van der Waals surface area contributed by atoms with Crippen LogP contribution in [0.5, 0.6) is 11.5 Å². The monoisotopic (exact) mass is 368 g/mol. The summed E-state index contributed by atoms with van der Waals surface area (Å²) in [5, 5.41) is 8.73. The number of hydrogen-bond donors (Lipinski definition) is 0. The second-order valence-corrected chi connectivity index (χ2v) is 6.86. The number of hydrogen-bond acceptors (Lipinski definition) is 6. The summed E-state index contributed by atoms with van der Waals surface area (Å²) in [5.74, 6) is 2.36. The lowest BCUT2D eigenvalue weighted by atomic mass is 10.2. The number of anilines is 1. The average molecular weight is 368 g/mol. The van der Waals surface area contributed by atoms with E-state index in [9.17, 15) is 4.79 Å². The van der Waals surface area contributed by atoms with Gasteiger partial charge in [-0.05, 0) is 55.2 Å². The molecule has 142 valence electrons. The van der Waals surface area contributed by atoms with Crippen molar-refractivity contribution in [3.05, 3.63) is 41.6 Å². The highest BCUT2D eigenvalue weighted by molar-refractivity contribution is 5.78. The molecule has 2 aliphatic rings. The van der Waals surface area contributed by atoms with E-state index in [-0.39, 0.29) is 12.5 Å². The number of carbonyl (C=O) groups is 1. The summed E-state index contributed by atoms with van der Waals surface area (Å²) in [7, 11) is 1.62. The van der Waals surface area contributed by atoms with E-state index in [1.165, 1.54) is 12.0 Å². The van der Waals surface area contributed by atoms with Crippen LogP contribution in [0.4, 0.5) is 5.82 Å². The van der Waals surface area contributed by atoms with Crippen molar-refractivity contribution in [2.24, 2.45) is 0 Å². The zero-order chi connectivity index (χ0) is 18.6. The number of methoxy groups -OCH3 is 1. The third kappa shape index (κ3) is 3.97. The average Bonchev–Trinajstić information content (AvgIpc) is 3.20. The van der Waals surface area contributed by atoms with Crippen LogP contribution in [0.3, 0.4) is 0 Å². The van der Waals surface area contributed by atoms with Crippen molar-refractivity contribution in [1.82, 2.24) is 15.1 Å². The van der Waals surface area contributed by atoms with E-state index in [0.717, 1.165) is 43.2 Å². The molecule has 1 fully saturated rings. The van der Waals surface area contributed by atoms with Gasteiger partial charge in [0, 0.05) is 26.2 Å². The minimum Gasteiger partial charge on any atom is -0.497 e. The lowest BCUT2D eigenvalue weighted by Crippen LogP contribution is -2.50. The highest BCUT2D eigenvalue weighted by Gasteiger charge is 2.23. The van der Waals surface area contributed by atoms with Crippen molar-refractivity contribution in [2.45, 2.75) is 19.3 Å². The van der Waals surface area contributed by atoms with Crippen molar-refractivity contribution in [1.29, 1.82) is 0 Å². The molecule has 4 rings (SSSR count). The van der Waals surface area contributed by atoms with Crippen molar-refractivity contribution in [3.63, 3.8) is 0 Å². The molecule has 1 amide bonds. The van der Waals surface area contributed by atoms with E-state index in [0.29, 0.717) is 18.8 Å². The Balaban J connectivity index is 1.27. The van der Waals surface area contributed by atoms with Gasteiger partial charge in [0.15, 0.2) is 12.4 Å². The number of nitrogens with zero attached hydrogens (tertiary/aromatic N) is 4. The summed E-state index contributed by atoms with van der Waals surface area (Å²) >= 11 is 0. The quantitative estimate of drug-likeness (QED) is 0.800. The predicted molar refractivity (Wildman–Crippen MR) is 101 cm³/mol. The Kier molecular flexibility index (Phi) is 5.09. The summed E-state index contributed by atoms with van der Waals surface area (Å²) in [6.07, 6.45) is 3.31. The Morgan fingerprint density at radius 2 is 1.78 bits per heavy atom. The second-order valence-electron chi connectivity index (χ2n) is 6.86. The van der Waals surface area contributed by atoms with E-state index in [1.54, 1.807) is 19.2 Å². The van der Waals surface area contributed by atoms with Crippen LogP contribution in [-0.2, 0) is 17.6 Å². The van der Waals surface area contributed by atoms with Gasteiger partial charge in [0.2, 0.25) is 0 Å². The number of rotatable bonds is 5.